The topological polar surface area (TPSA) is 33.1 Å². The number of nitrogens with one attached hydrogen (secondary N) is 1. The smallest absolute Gasteiger partial charge is 0.169 e. The molecule has 5 heteroatoms. The number of hydrogen-bond donors (Lipinski definition) is 1. The van der Waals surface area contributed by atoms with Crippen molar-refractivity contribution in [1.29, 1.82) is 0 Å². The molecule has 4 nitrogen and oxygen atoms in total. The summed E-state index contributed by atoms with van der Waals surface area (Å²) in [6, 6.07) is 2.04. The molecule has 0 aliphatic heterocycles. The van der Waals surface area contributed by atoms with Crippen LogP contribution in [0.2, 0.25) is 0 Å². The van der Waals surface area contributed by atoms with E-state index in [0.29, 0.717) is 0 Å². The summed E-state index contributed by atoms with van der Waals surface area (Å²) in [5.74, 6) is 0. The first kappa shape index (κ1) is 14.0. The number of rotatable bonds is 6. The van der Waals surface area contributed by atoms with Gasteiger partial charge in [-0.15, -0.1) is 0 Å². The van der Waals surface area contributed by atoms with E-state index >= 15 is 0 Å². The van der Waals surface area contributed by atoms with Crippen molar-refractivity contribution in [3.63, 3.8) is 0 Å². The van der Waals surface area contributed by atoms with Crippen LogP contribution in [-0.4, -0.2) is 33.4 Å². The zero-order chi connectivity index (χ0) is 12.7. The van der Waals surface area contributed by atoms with Crippen molar-refractivity contribution in [2.45, 2.75) is 39.8 Å². The van der Waals surface area contributed by atoms with Gasteiger partial charge < -0.3 is 10.2 Å². The Labute approximate surface area is 109 Å². The van der Waals surface area contributed by atoms with Crippen molar-refractivity contribution in [3.8, 4) is 0 Å². The van der Waals surface area contributed by atoms with Gasteiger partial charge in [0.15, 0.2) is 5.11 Å². The van der Waals surface area contributed by atoms with Crippen LogP contribution in [0.15, 0.2) is 12.3 Å². The van der Waals surface area contributed by atoms with Gasteiger partial charge in [-0.05, 0) is 31.6 Å². The Morgan fingerprint density at radius 3 is 2.88 bits per heavy atom. The lowest BCUT2D eigenvalue weighted by atomic mass is 10.3. The lowest BCUT2D eigenvalue weighted by Gasteiger charge is -2.19. The predicted molar refractivity (Wildman–Crippen MR) is 74.9 cm³/mol. The maximum atomic E-state index is 5.30. The zero-order valence-electron chi connectivity index (χ0n) is 10.9. The molecule has 0 saturated heterocycles. The fourth-order valence-electron chi connectivity index (χ4n) is 1.49. The van der Waals surface area contributed by atoms with Crippen LogP contribution in [0.5, 0.6) is 0 Å². The van der Waals surface area contributed by atoms with Crippen LogP contribution in [0.25, 0.3) is 0 Å². The summed E-state index contributed by atoms with van der Waals surface area (Å²) in [4.78, 5) is 2.02. The fraction of sp³-hybridized carbons (Fsp3) is 0.667. The molecule has 0 atom stereocenters. The van der Waals surface area contributed by atoms with Gasteiger partial charge in [0.05, 0.1) is 12.2 Å². The van der Waals surface area contributed by atoms with Gasteiger partial charge in [0, 0.05) is 26.3 Å². The molecule has 0 unspecified atom stereocenters. The van der Waals surface area contributed by atoms with Crippen LogP contribution in [0.1, 0.15) is 32.4 Å². The molecule has 1 heterocycles. The second kappa shape index (κ2) is 7.27. The predicted octanol–water partition coefficient (Wildman–Crippen LogP) is 2.01. The fourth-order valence-corrected chi connectivity index (χ4v) is 1.65. The SMILES string of the molecule is CCCCNC(=S)N(C)Cc1ccn(CC)n1. The summed E-state index contributed by atoms with van der Waals surface area (Å²) in [7, 11) is 1.99. The van der Waals surface area contributed by atoms with E-state index in [1.54, 1.807) is 0 Å². The summed E-state index contributed by atoms with van der Waals surface area (Å²) in [6.07, 6.45) is 4.33. The number of unbranched alkanes of at least 4 members (excludes halogenated alkanes) is 1. The second-order valence-electron chi connectivity index (χ2n) is 4.10. The van der Waals surface area contributed by atoms with Gasteiger partial charge in [-0.1, -0.05) is 13.3 Å². The van der Waals surface area contributed by atoms with E-state index in [1.165, 1.54) is 6.42 Å². The van der Waals surface area contributed by atoms with Gasteiger partial charge in [0.1, 0.15) is 0 Å². The molecule has 0 aromatic carbocycles. The Hall–Kier alpha value is -1.10. The van der Waals surface area contributed by atoms with Gasteiger partial charge in [0.2, 0.25) is 0 Å². The Kier molecular flexibility index (Phi) is 5.97. The molecule has 96 valence electrons. The van der Waals surface area contributed by atoms with Crippen LogP contribution in [0, 0.1) is 0 Å². The van der Waals surface area contributed by atoms with E-state index in [9.17, 15) is 0 Å². The lowest BCUT2D eigenvalue weighted by molar-refractivity contribution is 0.474. The Morgan fingerprint density at radius 1 is 1.53 bits per heavy atom. The summed E-state index contributed by atoms with van der Waals surface area (Å²) in [5, 5.41) is 8.48. The monoisotopic (exact) mass is 254 g/mol. The van der Waals surface area contributed by atoms with E-state index in [1.807, 2.05) is 28.9 Å². The molecule has 0 saturated carbocycles. The minimum absolute atomic E-state index is 0.755. The number of hydrogen-bond acceptors (Lipinski definition) is 2. The zero-order valence-corrected chi connectivity index (χ0v) is 11.8. The highest BCUT2D eigenvalue weighted by atomic mass is 32.1. The second-order valence-corrected chi connectivity index (χ2v) is 4.49. The average molecular weight is 254 g/mol. The molecule has 0 amide bonds. The molecule has 0 fully saturated rings. The highest BCUT2D eigenvalue weighted by Gasteiger charge is 2.06. The van der Waals surface area contributed by atoms with Gasteiger partial charge in [-0.25, -0.2) is 0 Å². The van der Waals surface area contributed by atoms with Gasteiger partial charge >= 0.3 is 0 Å². The molecule has 0 radical (unpaired) electrons. The molecular formula is C12H22N4S. The molecule has 1 aromatic heterocycles. The molecule has 1 aromatic rings. The standard InChI is InChI=1S/C12H22N4S/c1-4-6-8-13-12(17)15(3)10-11-7-9-16(5-2)14-11/h7,9H,4-6,8,10H2,1-3H3,(H,13,17). The maximum absolute atomic E-state index is 5.30. The molecule has 1 N–H and O–H groups in total. The van der Waals surface area contributed by atoms with Gasteiger partial charge in [-0.2, -0.15) is 5.10 Å². The minimum Gasteiger partial charge on any atom is -0.363 e. The number of aromatic nitrogens is 2. The van der Waals surface area contributed by atoms with Crippen LogP contribution < -0.4 is 5.32 Å². The van der Waals surface area contributed by atoms with Crippen molar-refractivity contribution in [3.05, 3.63) is 18.0 Å². The highest BCUT2D eigenvalue weighted by Crippen LogP contribution is 2.00. The first-order valence-corrected chi connectivity index (χ1v) is 6.59. The molecular weight excluding hydrogens is 232 g/mol. The molecule has 1 rings (SSSR count). The van der Waals surface area contributed by atoms with Crippen LogP contribution >= 0.6 is 12.2 Å². The third kappa shape index (κ3) is 4.73. The Bertz CT molecular complexity index is 348. The van der Waals surface area contributed by atoms with Crippen molar-refractivity contribution < 1.29 is 0 Å². The maximum Gasteiger partial charge on any atom is 0.169 e. The molecule has 17 heavy (non-hydrogen) atoms. The Morgan fingerprint density at radius 2 is 2.29 bits per heavy atom. The summed E-state index contributed by atoms with van der Waals surface area (Å²) >= 11 is 5.30. The van der Waals surface area contributed by atoms with Crippen molar-refractivity contribution >= 4 is 17.3 Å². The van der Waals surface area contributed by atoms with Crippen molar-refractivity contribution in [2.75, 3.05) is 13.6 Å². The first-order chi connectivity index (χ1) is 8.17. The van der Waals surface area contributed by atoms with E-state index in [4.69, 9.17) is 12.2 Å². The van der Waals surface area contributed by atoms with E-state index < -0.39 is 0 Å². The van der Waals surface area contributed by atoms with Gasteiger partial charge in [-0.3, -0.25) is 4.68 Å². The van der Waals surface area contributed by atoms with Gasteiger partial charge in [0.25, 0.3) is 0 Å². The third-order valence-electron chi connectivity index (χ3n) is 2.57. The summed E-state index contributed by atoms with van der Waals surface area (Å²) in [6.45, 7) is 6.86. The first-order valence-electron chi connectivity index (χ1n) is 6.18. The Balaban J connectivity index is 2.37. The number of thiocarbonyl (C=S) groups is 1. The molecule has 0 aliphatic rings. The van der Waals surface area contributed by atoms with Crippen LogP contribution in [-0.2, 0) is 13.1 Å². The van der Waals surface area contributed by atoms with E-state index in [2.05, 4.69) is 24.3 Å². The summed E-state index contributed by atoms with van der Waals surface area (Å²) in [5.41, 5.74) is 1.05. The van der Waals surface area contributed by atoms with Crippen molar-refractivity contribution in [1.82, 2.24) is 20.0 Å². The van der Waals surface area contributed by atoms with E-state index in [0.717, 1.165) is 36.9 Å². The molecule has 0 spiro atoms. The van der Waals surface area contributed by atoms with Crippen molar-refractivity contribution in [2.24, 2.45) is 0 Å². The largest absolute Gasteiger partial charge is 0.363 e. The lowest BCUT2D eigenvalue weighted by Crippen LogP contribution is -2.37. The highest BCUT2D eigenvalue weighted by molar-refractivity contribution is 7.80. The average Bonchev–Trinajstić information content (AvgIpc) is 2.77. The van der Waals surface area contributed by atoms with Crippen LogP contribution in [0.4, 0.5) is 0 Å². The molecule has 0 bridgehead atoms. The summed E-state index contributed by atoms with van der Waals surface area (Å²) < 4.78 is 1.93. The quantitative estimate of drug-likeness (QED) is 0.622. The normalized spacial score (nSPS) is 10.3. The molecule has 0 aliphatic carbocycles. The van der Waals surface area contributed by atoms with Crippen LogP contribution in [0.3, 0.4) is 0 Å². The minimum atomic E-state index is 0.755. The van der Waals surface area contributed by atoms with E-state index in [-0.39, 0.29) is 0 Å². The third-order valence-corrected chi connectivity index (χ3v) is 3.03. The number of nitrogens with zero attached hydrogens (tertiary/aromatic N) is 3. The number of aryl methyl sites for hydroxylation is 1.